The Bertz CT molecular complexity index is 431. The SMILES string of the molecule is CC(C)c1cc(CCl)cc(N2CCCC(C)C2C)n1. The van der Waals surface area contributed by atoms with Gasteiger partial charge in [0.25, 0.3) is 0 Å². The zero-order valence-electron chi connectivity index (χ0n) is 12.5. The van der Waals surface area contributed by atoms with Gasteiger partial charge in [0.2, 0.25) is 0 Å². The Hall–Kier alpha value is -0.760. The molecule has 2 unspecified atom stereocenters. The molecule has 19 heavy (non-hydrogen) atoms. The Morgan fingerprint density at radius 3 is 2.74 bits per heavy atom. The fraction of sp³-hybridized carbons (Fsp3) is 0.688. The Labute approximate surface area is 122 Å². The van der Waals surface area contributed by atoms with E-state index in [9.17, 15) is 0 Å². The molecule has 1 saturated heterocycles. The molecule has 2 heterocycles. The van der Waals surface area contributed by atoms with Gasteiger partial charge in [-0.1, -0.05) is 20.8 Å². The molecule has 3 heteroatoms. The van der Waals surface area contributed by atoms with Crippen molar-refractivity contribution in [3.8, 4) is 0 Å². The van der Waals surface area contributed by atoms with E-state index in [4.69, 9.17) is 16.6 Å². The van der Waals surface area contributed by atoms with Gasteiger partial charge in [0.1, 0.15) is 5.82 Å². The van der Waals surface area contributed by atoms with Crippen LogP contribution in [0.15, 0.2) is 12.1 Å². The molecule has 0 amide bonds. The minimum absolute atomic E-state index is 0.444. The van der Waals surface area contributed by atoms with Crippen LogP contribution < -0.4 is 4.90 Å². The lowest BCUT2D eigenvalue weighted by Gasteiger charge is -2.39. The second-order valence-electron chi connectivity index (χ2n) is 6.10. The second kappa shape index (κ2) is 6.13. The Morgan fingerprint density at radius 1 is 1.37 bits per heavy atom. The highest BCUT2D eigenvalue weighted by atomic mass is 35.5. The van der Waals surface area contributed by atoms with Crippen LogP contribution in [0.2, 0.25) is 0 Å². The van der Waals surface area contributed by atoms with Gasteiger partial charge in [-0.3, -0.25) is 0 Å². The zero-order valence-corrected chi connectivity index (χ0v) is 13.2. The summed E-state index contributed by atoms with van der Waals surface area (Å²) in [5.41, 5.74) is 2.33. The average Bonchev–Trinajstić information content (AvgIpc) is 2.41. The van der Waals surface area contributed by atoms with Crippen molar-refractivity contribution < 1.29 is 0 Å². The number of pyridine rings is 1. The molecule has 2 rings (SSSR count). The van der Waals surface area contributed by atoms with Gasteiger partial charge in [-0.05, 0) is 49.3 Å². The summed E-state index contributed by atoms with van der Waals surface area (Å²) in [4.78, 5) is 7.31. The van der Waals surface area contributed by atoms with Crippen molar-refractivity contribution in [2.45, 2.75) is 58.4 Å². The summed E-state index contributed by atoms with van der Waals surface area (Å²) in [6, 6.07) is 4.86. The molecule has 0 aliphatic carbocycles. The van der Waals surface area contributed by atoms with E-state index in [1.807, 2.05) is 0 Å². The lowest BCUT2D eigenvalue weighted by atomic mass is 9.92. The molecule has 0 N–H and O–H groups in total. The first-order valence-corrected chi connectivity index (χ1v) is 7.89. The van der Waals surface area contributed by atoms with Crippen LogP contribution in [0, 0.1) is 5.92 Å². The first-order chi connectivity index (χ1) is 9.02. The summed E-state index contributed by atoms with van der Waals surface area (Å²) in [7, 11) is 0. The van der Waals surface area contributed by atoms with Crippen molar-refractivity contribution in [2.75, 3.05) is 11.4 Å². The van der Waals surface area contributed by atoms with E-state index in [0.29, 0.717) is 17.8 Å². The first kappa shape index (κ1) is 14.6. The monoisotopic (exact) mass is 280 g/mol. The number of piperidine rings is 1. The van der Waals surface area contributed by atoms with Gasteiger partial charge >= 0.3 is 0 Å². The Morgan fingerprint density at radius 2 is 2.11 bits per heavy atom. The maximum absolute atomic E-state index is 6.03. The van der Waals surface area contributed by atoms with Gasteiger partial charge in [0.15, 0.2) is 0 Å². The van der Waals surface area contributed by atoms with Gasteiger partial charge in [0, 0.05) is 24.2 Å². The smallest absolute Gasteiger partial charge is 0.129 e. The highest BCUT2D eigenvalue weighted by Crippen LogP contribution is 2.29. The van der Waals surface area contributed by atoms with E-state index < -0.39 is 0 Å². The summed E-state index contributed by atoms with van der Waals surface area (Å²) >= 11 is 6.03. The summed E-state index contributed by atoms with van der Waals surface area (Å²) in [6.07, 6.45) is 2.58. The fourth-order valence-electron chi connectivity index (χ4n) is 2.77. The van der Waals surface area contributed by atoms with Crippen LogP contribution in [-0.2, 0) is 5.88 Å². The minimum atomic E-state index is 0.444. The largest absolute Gasteiger partial charge is 0.354 e. The predicted molar refractivity (Wildman–Crippen MR) is 83.1 cm³/mol. The summed E-state index contributed by atoms with van der Waals surface area (Å²) in [5, 5.41) is 0. The molecule has 1 aliphatic rings. The molecule has 1 aliphatic heterocycles. The van der Waals surface area contributed by atoms with Gasteiger partial charge in [-0.25, -0.2) is 4.98 Å². The quantitative estimate of drug-likeness (QED) is 0.754. The number of alkyl halides is 1. The first-order valence-electron chi connectivity index (χ1n) is 7.36. The zero-order chi connectivity index (χ0) is 14.0. The molecule has 2 nitrogen and oxygen atoms in total. The van der Waals surface area contributed by atoms with Gasteiger partial charge in [-0.2, -0.15) is 0 Å². The van der Waals surface area contributed by atoms with Gasteiger partial charge in [0.05, 0.1) is 0 Å². The minimum Gasteiger partial charge on any atom is -0.354 e. The van der Waals surface area contributed by atoms with E-state index >= 15 is 0 Å². The highest BCUT2D eigenvalue weighted by molar-refractivity contribution is 6.17. The average molecular weight is 281 g/mol. The maximum Gasteiger partial charge on any atom is 0.129 e. The number of anilines is 1. The van der Waals surface area contributed by atoms with E-state index in [-0.39, 0.29) is 0 Å². The molecule has 0 aromatic carbocycles. The fourth-order valence-corrected chi connectivity index (χ4v) is 2.93. The molecular formula is C16H25ClN2. The Kier molecular flexibility index (Phi) is 4.72. The summed E-state index contributed by atoms with van der Waals surface area (Å²) in [6.45, 7) is 10.1. The molecule has 1 fully saturated rings. The molecule has 106 valence electrons. The van der Waals surface area contributed by atoms with Crippen LogP contribution in [0.25, 0.3) is 0 Å². The molecule has 1 aromatic rings. The van der Waals surface area contributed by atoms with Crippen LogP contribution in [0.4, 0.5) is 5.82 Å². The van der Waals surface area contributed by atoms with E-state index in [0.717, 1.165) is 24.0 Å². The highest BCUT2D eigenvalue weighted by Gasteiger charge is 2.26. The van der Waals surface area contributed by atoms with Crippen molar-refractivity contribution in [1.29, 1.82) is 0 Å². The number of rotatable bonds is 3. The van der Waals surface area contributed by atoms with E-state index in [1.165, 1.54) is 18.4 Å². The van der Waals surface area contributed by atoms with Crippen molar-refractivity contribution >= 4 is 17.4 Å². The van der Waals surface area contributed by atoms with E-state index in [2.05, 4.69) is 44.7 Å². The standard InChI is InChI=1S/C16H25ClN2/c1-11(2)15-8-14(10-17)9-16(18-15)19-7-5-6-12(3)13(19)4/h8-9,11-13H,5-7,10H2,1-4H3. The van der Waals surface area contributed by atoms with Gasteiger partial charge in [-0.15, -0.1) is 11.6 Å². The molecule has 0 bridgehead atoms. The van der Waals surface area contributed by atoms with Crippen molar-refractivity contribution in [3.63, 3.8) is 0 Å². The third-order valence-electron chi connectivity index (χ3n) is 4.31. The summed E-state index contributed by atoms with van der Waals surface area (Å²) < 4.78 is 0. The molecule has 0 saturated carbocycles. The molecular weight excluding hydrogens is 256 g/mol. The predicted octanol–water partition coefficient (Wildman–Crippen LogP) is 4.57. The number of nitrogens with zero attached hydrogens (tertiary/aromatic N) is 2. The molecule has 0 spiro atoms. The normalized spacial score (nSPS) is 24.0. The van der Waals surface area contributed by atoms with Crippen molar-refractivity contribution in [1.82, 2.24) is 4.98 Å². The number of hydrogen-bond acceptors (Lipinski definition) is 2. The van der Waals surface area contributed by atoms with Crippen molar-refractivity contribution in [2.24, 2.45) is 5.92 Å². The number of halogens is 1. The van der Waals surface area contributed by atoms with Crippen molar-refractivity contribution in [3.05, 3.63) is 23.4 Å². The lowest BCUT2D eigenvalue weighted by molar-refractivity contribution is 0.361. The maximum atomic E-state index is 6.03. The number of hydrogen-bond donors (Lipinski definition) is 0. The third-order valence-corrected chi connectivity index (χ3v) is 4.61. The molecule has 2 atom stereocenters. The summed E-state index contributed by atoms with van der Waals surface area (Å²) in [5.74, 6) is 2.85. The topological polar surface area (TPSA) is 16.1 Å². The van der Waals surface area contributed by atoms with Gasteiger partial charge < -0.3 is 4.90 Å². The molecule has 1 aromatic heterocycles. The Balaban J connectivity index is 2.34. The molecule has 0 radical (unpaired) electrons. The van der Waals surface area contributed by atoms with Crippen LogP contribution in [-0.4, -0.2) is 17.6 Å². The van der Waals surface area contributed by atoms with Crippen LogP contribution in [0.1, 0.15) is 57.7 Å². The second-order valence-corrected chi connectivity index (χ2v) is 6.37. The van der Waals surface area contributed by atoms with Crippen LogP contribution in [0.5, 0.6) is 0 Å². The van der Waals surface area contributed by atoms with Crippen LogP contribution in [0.3, 0.4) is 0 Å². The van der Waals surface area contributed by atoms with E-state index in [1.54, 1.807) is 0 Å². The lowest BCUT2D eigenvalue weighted by Crippen LogP contribution is -2.43. The number of aromatic nitrogens is 1. The third kappa shape index (κ3) is 3.22. The van der Waals surface area contributed by atoms with Crippen LogP contribution >= 0.6 is 11.6 Å².